The van der Waals surface area contributed by atoms with E-state index in [1.165, 1.54) is 44.9 Å². The number of hydrogen-bond acceptors (Lipinski definition) is 3. The van der Waals surface area contributed by atoms with Gasteiger partial charge < -0.3 is 10.2 Å². The molecule has 0 aliphatic heterocycles. The van der Waals surface area contributed by atoms with Gasteiger partial charge in [0.1, 0.15) is 5.78 Å². The van der Waals surface area contributed by atoms with E-state index in [9.17, 15) is 15.0 Å². The van der Waals surface area contributed by atoms with Gasteiger partial charge in [-0.15, -0.1) is 0 Å². The van der Waals surface area contributed by atoms with Crippen LogP contribution in [0, 0.1) is 52.3 Å². The van der Waals surface area contributed by atoms with Crippen LogP contribution in [0.2, 0.25) is 0 Å². The molecular formula is C27H46O3. The Labute approximate surface area is 184 Å². The molecule has 0 amide bonds. The summed E-state index contributed by atoms with van der Waals surface area (Å²) >= 11 is 0. The lowest BCUT2D eigenvalue weighted by Gasteiger charge is -2.61. The van der Waals surface area contributed by atoms with Gasteiger partial charge in [0, 0.05) is 12.3 Å². The Morgan fingerprint density at radius 2 is 1.67 bits per heavy atom. The SMILES string of the molecule is CC(C)CCC[C@@H](C)[C@H]1CC[C@H]2[C@@H]3CC(=O)[C@H]4C[C@H](O)[C@@H](O)C[C@]4(C)[C@H]3CC[C@]12C. The summed E-state index contributed by atoms with van der Waals surface area (Å²) in [5.41, 5.74) is 0.260. The van der Waals surface area contributed by atoms with E-state index in [1.54, 1.807) is 0 Å². The molecule has 3 nitrogen and oxygen atoms in total. The van der Waals surface area contributed by atoms with Crippen molar-refractivity contribution in [3.63, 3.8) is 0 Å². The minimum Gasteiger partial charge on any atom is -0.390 e. The normalized spacial score (nSPS) is 49.5. The smallest absolute Gasteiger partial charge is 0.136 e. The van der Waals surface area contributed by atoms with Crippen LogP contribution in [-0.4, -0.2) is 28.2 Å². The van der Waals surface area contributed by atoms with Gasteiger partial charge in [0.2, 0.25) is 0 Å². The van der Waals surface area contributed by atoms with Crippen molar-refractivity contribution < 1.29 is 15.0 Å². The lowest BCUT2D eigenvalue weighted by molar-refractivity contribution is -0.173. The summed E-state index contributed by atoms with van der Waals surface area (Å²) in [7, 11) is 0. The van der Waals surface area contributed by atoms with Crippen molar-refractivity contribution in [2.45, 2.75) is 111 Å². The molecule has 0 saturated heterocycles. The number of aliphatic hydroxyl groups is 2. The van der Waals surface area contributed by atoms with Gasteiger partial charge >= 0.3 is 0 Å². The fraction of sp³-hybridized carbons (Fsp3) is 0.963. The maximum atomic E-state index is 13.3. The summed E-state index contributed by atoms with van der Waals surface area (Å²) in [5.74, 6) is 4.41. The summed E-state index contributed by atoms with van der Waals surface area (Å²) in [6.45, 7) is 12.0. The van der Waals surface area contributed by atoms with Crippen LogP contribution in [0.5, 0.6) is 0 Å². The van der Waals surface area contributed by atoms with Gasteiger partial charge in [-0.2, -0.15) is 0 Å². The molecule has 3 heteroatoms. The summed E-state index contributed by atoms with van der Waals surface area (Å²) in [6.07, 6.45) is 9.56. The van der Waals surface area contributed by atoms with Crippen LogP contribution in [-0.2, 0) is 4.79 Å². The van der Waals surface area contributed by atoms with Crippen molar-refractivity contribution in [3.8, 4) is 0 Å². The average molecular weight is 419 g/mol. The van der Waals surface area contributed by atoms with Gasteiger partial charge in [0.25, 0.3) is 0 Å². The van der Waals surface area contributed by atoms with E-state index < -0.39 is 12.2 Å². The van der Waals surface area contributed by atoms with Gasteiger partial charge in [0.05, 0.1) is 12.2 Å². The molecule has 4 fully saturated rings. The Balaban J connectivity index is 1.52. The number of fused-ring (bicyclic) bond motifs is 5. The quantitative estimate of drug-likeness (QED) is 0.609. The maximum Gasteiger partial charge on any atom is 0.136 e. The zero-order valence-electron chi connectivity index (χ0n) is 20.1. The van der Waals surface area contributed by atoms with Gasteiger partial charge in [-0.3, -0.25) is 4.79 Å². The van der Waals surface area contributed by atoms with Gasteiger partial charge in [-0.25, -0.2) is 0 Å². The first-order chi connectivity index (χ1) is 14.1. The molecule has 0 spiro atoms. The van der Waals surface area contributed by atoms with Crippen molar-refractivity contribution in [1.29, 1.82) is 0 Å². The maximum absolute atomic E-state index is 13.3. The van der Waals surface area contributed by atoms with Crippen LogP contribution >= 0.6 is 0 Å². The molecule has 0 heterocycles. The monoisotopic (exact) mass is 418 g/mol. The Hall–Kier alpha value is -0.410. The second kappa shape index (κ2) is 8.18. The summed E-state index contributed by atoms with van der Waals surface area (Å²) in [6, 6.07) is 0. The molecule has 0 radical (unpaired) electrons. The van der Waals surface area contributed by atoms with Crippen LogP contribution in [0.4, 0.5) is 0 Å². The Morgan fingerprint density at radius 3 is 2.37 bits per heavy atom. The molecule has 4 rings (SSSR count). The van der Waals surface area contributed by atoms with Crippen LogP contribution in [0.3, 0.4) is 0 Å². The third-order valence-corrected chi connectivity index (χ3v) is 10.7. The number of Topliss-reactive ketones (excluding diaryl/α,β-unsaturated/α-hetero) is 1. The average Bonchev–Trinajstić information content (AvgIpc) is 3.01. The lowest BCUT2D eigenvalue weighted by atomic mass is 9.44. The van der Waals surface area contributed by atoms with Crippen molar-refractivity contribution in [3.05, 3.63) is 0 Å². The van der Waals surface area contributed by atoms with Crippen molar-refractivity contribution in [2.75, 3.05) is 0 Å². The highest BCUT2D eigenvalue weighted by atomic mass is 16.3. The van der Waals surface area contributed by atoms with E-state index in [0.29, 0.717) is 41.8 Å². The largest absolute Gasteiger partial charge is 0.390 e. The number of carbonyl (C=O) groups is 1. The van der Waals surface area contributed by atoms with Crippen molar-refractivity contribution >= 4 is 5.78 Å². The van der Waals surface area contributed by atoms with E-state index in [1.807, 2.05) is 0 Å². The fourth-order valence-corrected chi connectivity index (χ4v) is 9.10. The Morgan fingerprint density at radius 1 is 0.967 bits per heavy atom. The number of rotatable bonds is 5. The molecule has 0 aromatic carbocycles. The van der Waals surface area contributed by atoms with Crippen molar-refractivity contribution in [2.24, 2.45) is 52.3 Å². The predicted molar refractivity (Wildman–Crippen MR) is 121 cm³/mol. The molecule has 0 aromatic heterocycles. The first kappa shape index (κ1) is 22.8. The standard InChI is InChI=1S/C27H46O3/c1-16(2)7-6-8-17(3)19-9-10-20-18-13-23(28)22-14-24(29)25(30)15-27(22,5)21(18)11-12-26(19,20)4/h16-22,24-25,29-30H,6-15H2,1-5H3/t17-,18+,19-,20+,21+,22-,24+,25+,26-,27-/m1/s1. The third kappa shape index (κ3) is 3.60. The van der Waals surface area contributed by atoms with Crippen LogP contribution in [0.25, 0.3) is 0 Å². The van der Waals surface area contributed by atoms with Crippen LogP contribution < -0.4 is 0 Å². The molecule has 30 heavy (non-hydrogen) atoms. The fourth-order valence-electron chi connectivity index (χ4n) is 9.10. The first-order valence-electron chi connectivity index (χ1n) is 13.0. The Kier molecular flexibility index (Phi) is 6.21. The highest BCUT2D eigenvalue weighted by Gasteiger charge is 2.63. The highest BCUT2D eigenvalue weighted by molar-refractivity contribution is 5.83. The number of aliphatic hydroxyl groups excluding tert-OH is 2. The first-order valence-corrected chi connectivity index (χ1v) is 13.0. The predicted octanol–water partition coefficient (Wildman–Crippen LogP) is 5.62. The number of carbonyl (C=O) groups excluding carboxylic acids is 1. The molecule has 4 aliphatic carbocycles. The topological polar surface area (TPSA) is 57.5 Å². The molecule has 10 atom stereocenters. The molecule has 172 valence electrons. The number of hydrogen-bond donors (Lipinski definition) is 2. The number of ketones is 1. The molecule has 4 saturated carbocycles. The third-order valence-electron chi connectivity index (χ3n) is 10.7. The zero-order valence-corrected chi connectivity index (χ0v) is 20.1. The molecule has 0 bridgehead atoms. The second-order valence-corrected chi connectivity index (χ2v) is 12.7. The minimum atomic E-state index is -0.722. The highest BCUT2D eigenvalue weighted by Crippen LogP contribution is 2.67. The van der Waals surface area contributed by atoms with Crippen LogP contribution in [0.1, 0.15) is 98.8 Å². The molecule has 0 unspecified atom stereocenters. The van der Waals surface area contributed by atoms with Gasteiger partial charge in [-0.05, 0) is 84.9 Å². The summed E-state index contributed by atoms with van der Waals surface area (Å²) in [5, 5.41) is 20.7. The van der Waals surface area contributed by atoms with E-state index >= 15 is 0 Å². The van der Waals surface area contributed by atoms with Crippen molar-refractivity contribution in [1.82, 2.24) is 0 Å². The zero-order chi connectivity index (χ0) is 21.8. The van der Waals surface area contributed by atoms with Gasteiger partial charge in [0.15, 0.2) is 0 Å². The Bertz CT molecular complexity index is 644. The second-order valence-electron chi connectivity index (χ2n) is 12.7. The molecule has 4 aliphatic rings. The van der Waals surface area contributed by atoms with Gasteiger partial charge in [-0.1, -0.05) is 53.9 Å². The van der Waals surface area contributed by atoms with E-state index in [2.05, 4.69) is 34.6 Å². The van der Waals surface area contributed by atoms with E-state index in [4.69, 9.17) is 0 Å². The molecule has 2 N–H and O–H groups in total. The van der Waals surface area contributed by atoms with Crippen LogP contribution in [0.15, 0.2) is 0 Å². The molecule has 0 aromatic rings. The lowest BCUT2D eigenvalue weighted by Crippen LogP contribution is -2.59. The van der Waals surface area contributed by atoms with E-state index in [-0.39, 0.29) is 11.3 Å². The molecular weight excluding hydrogens is 372 g/mol. The summed E-state index contributed by atoms with van der Waals surface area (Å²) in [4.78, 5) is 13.3. The minimum absolute atomic E-state index is 0.0475. The van der Waals surface area contributed by atoms with E-state index in [0.717, 1.165) is 24.2 Å². The summed E-state index contributed by atoms with van der Waals surface area (Å²) < 4.78 is 0.